The number of aldehydes is 1. The number of methoxy groups -OCH3 is 1. The van der Waals surface area contributed by atoms with Crippen molar-refractivity contribution >= 4 is 18.2 Å². The smallest absolute Gasteiger partial charge is 0.352 e. The first-order valence-electron chi connectivity index (χ1n) is 23.3. The summed E-state index contributed by atoms with van der Waals surface area (Å²) in [5.41, 5.74) is -2.60. The standard InChI is InChI=1S/C47H70N4O16/c1-10-14-34(54)65-43-28(5)63-36(24-47(43,6)60)66-41-27(4)64-44(39(57)37(41)48(7)8)67-40-25(2)21-29(19-20-52)38(56)32-18-17-31(22-26(3)62-35(55)23-33(53)42(40)61-9)50-45(58)49(46(59)51(32)50)30-15-12-11-13-16-30/h11-13,15-18,20,25-29,31-33,36-44,53,56-57,60H,10,14,19,21-24H2,1-9H3/t25-,26+,27+,28-,29+,31?,32?,33+,36-,37+,38+,39+,40-,41+,42-,43-,44-,47+/m0/s1. The molecule has 4 N–H and O–H groups in total. The Morgan fingerprint density at radius 1 is 0.910 bits per heavy atom. The molecule has 18 atom stereocenters. The second kappa shape index (κ2) is 22.1. The maximum atomic E-state index is 14.3. The van der Waals surface area contributed by atoms with E-state index in [0.29, 0.717) is 18.4 Å². The Morgan fingerprint density at radius 3 is 2.22 bits per heavy atom. The highest BCUT2D eigenvalue weighted by atomic mass is 16.7. The molecule has 0 spiro atoms. The summed E-state index contributed by atoms with van der Waals surface area (Å²) in [6, 6.07) is 5.64. The van der Waals surface area contributed by atoms with E-state index < -0.39 is 139 Å². The van der Waals surface area contributed by atoms with Gasteiger partial charge < -0.3 is 63.3 Å². The van der Waals surface area contributed by atoms with Crippen LogP contribution < -0.4 is 11.4 Å². The van der Waals surface area contributed by atoms with Crippen molar-refractivity contribution in [2.45, 2.75) is 184 Å². The number of fused-ring (bicyclic) bond motifs is 11. The molecule has 374 valence electrons. The number of hydrogen-bond acceptors (Lipinski definition) is 17. The number of allylic oxidation sites excluding steroid dienone is 1. The molecule has 20 nitrogen and oxygen atoms in total. The molecule has 20 heteroatoms. The fourth-order valence-electron chi connectivity index (χ4n) is 10.3. The van der Waals surface area contributed by atoms with Gasteiger partial charge in [-0.3, -0.25) is 9.59 Å². The number of esters is 2. The highest BCUT2D eigenvalue weighted by molar-refractivity contribution is 5.70. The van der Waals surface area contributed by atoms with Crippen LogP contribution in [0.15, 0.2) is 52.1 Å². The first kappa shape index (κ1) is 52.3. The van der Waals surface area contributed by atoms with Crippen molar-refractivity contribution in [3.05, 3.63) is 63.5 Å². The molecular formula is C47H70N4O16. The van der Waals surface area contributed by atoms with Crippen LogP contribution in [0.25, 0.3) is 5.69 Å². The molecule has 0 amide bonds. The summed E-state index contributed by atoms with van der Waals surface area (Å²) in [6.07, 6.45) is -9.33. The van der Waals surface area contributed by atoms with Gasteiger partial charge in [0.05, 0.1) is 60.8 Å². The Morgan fingerprint density at radius 2 is 1.60 bits per heavy atom. The highest BCUT2D eigenvalue weighted by Gasteiger charge is 2.53. The molecule has 67 heavy (non-hydrogen) atoms. The molecule has 2 saturated heterocycles. The summed E-state index contributed by atoms with van der Waals surface area (Å²) >= 11 is 0. The molecule has 1 aromatic heterocycles. The number of aliphatic hydroxyl groups is 4. The maximum absolute atomic E-state index is 14.3. The van der Waals surface area contributed by atoms with Crippen molar-refractivity contribution in [1.82, 2.24) is 18.8 Å². The van der Waals surface area contributed by atoms with Gasteiger partial charge in [-0.2, -0.15) is 0 Å². The third kappa shape index (κ3) is 11.4. The fraction of sp³-hybridized carbons (Fsp3) is 0.723. The van der Waals surface area contributed by atoms with E-state index in [-0.39, 0.29) is 32.1 Å². The largest absolute Gasteiger partial charge is 0.462 e. The number of ether oxygens (including phenoxy) is 7. The van der Waals surface area contributed by atoms with Crippen molar-refractivity contribution in [1.29, 1.82) is 0 Å². The highest BCUT2D eigenvalue weighted by Crippen LogP contribution is 2.38. The molecule has 6 heterocycles. The van der Waals surface area contributed by atoms with Gasteiger partial charge in [-0.15, -0.1) is 0 Å². The van der Waals surface area contributed by atoms with Gasteiger partial charge >= 0.3 is 23.3 Å². The number of likely N-dealkylation sites (N-methyl/N-ethyl adjacent to an activating group) is 1. The number of rotatable bonds is 12. The van der Waals surface area contributed by atoms with E-state index in [1.807, 2.05) is 6.92 Å². The lowest BCUT2D eigenvalue weighted by Gasteiger charge is -2.50. The molecule has 5 aliphatic heterocycles. The van der Waals surface area contributed by atoms with E-state index in [9.17, 15) is 44.4 Å². The average Bonchev–Trinajstić information content (AvgIpc) is 3.52. The number of para-hydroxylation sites is 1. The first-order chi connectivity index (χ1) is 31.7. The predicted octanol–water partition coefficient (Wildman–Crippen LogP) is 1.55. The topological polar surface area (TPSA) is 249 Å². The van der Waals surface area contributed by atoms with Gasteiger partial charge in [0.15, 0.2) is 18.7 Å². The summed E-state index contributed by atoms with van der Waals surface area (Å²) in [7, 11) is 4.80. The molecule has 2 fully saturated rings. The zero-order valence-corrected chi connectivity index (χ0v) is 39.9. The van der Waals surface area contributed by atoms with Crippen molar-refractivity contribution in [3.8, 4) is 5.69 Å². The number of carbonyl (C=O) groups excluding carboxylic acids is 3. The van der Waals surface area contributed by atoms with Gasteiger partial charge in [0.25, 0.3) is 0 Å². The first-order valence-corrected chi connectivity index (χ1v) is 23.3. The van der Waals surface area contributed by atoms with Crippen LogP contribution in [0.1, 0.15) is 98.6 Å². The predicted molar refractivity (Wildman–Crippen MR) is 239 cm³/mol. The van der Waals surface area contributed by atoms with Crippen LogP contribution in [0, 0.1) is 11.8 Å². The summed E-state index contributed by atoms with van der Waals surface area (Å²) in [4.78, 5) is 68.5. The van der Waals surface area contributed by atoms with Gasteiger partial charge in [-0.25, -0.2) is 23.5 Å². The zero-order chi connectivity index (χ0) is 49.1. The minimum atomic E-state index is -1.52. The van der Waals surface area contributed by atoms with Gasteiger partial charge in [0.1, 0.15) is 36.3 Å². The van der Waals surface area contributed by atoms with Crippen molar-refractivity contribution in [2.75, 3.05) is 21.2 Å². The minimum absolute atomic E-state index is 0.0257. The summed E-state index contributed by atoms with van der Waals surface area (Å²) in [5.74, 6) is -2.81. The minimum Gasteiger partial charge on any atom is -0.462 e. The average molecular weight is 947 g/mol. The van der Waals surface area contributed by atoms with Crippen LogP contribution in [-0.2, 0) is 47.5 Å². The van der Waals surface area contributed by atoms with Crippen molar-refractivity contribution in [2.24, 2.45) is 11.8 Å². The van der Waals surface area contributed by atoms with Crippen molar-refractivity contribution in [3.63, 3.8) is 0 Å². The van der Waals surface area contributed by atoms with E-state index >= 15 is 0 Å². The summed E-state index contributed by atoms with van der Waals surface area (Å²) < 4.78 is 46.3. The third-order valence-electron chi connectivity index (χ3n) is 13.5. The Bertz CT molecular complexity index is 2140. The number of aliphatic hydroxyl groups excluding tert-OH is 3. The Labute approximate surface area is 390 Å². The molecule has 0 aliphatic carbocycles. The Hall–Kier alpha value is -4.09. The Kier molecular flexibility index (Phi) is 17.3. The lowest BCUT2D eigenvalue weighted by atomic mass is 9.81. The molecule has 1 aromatic carbocycles. The van der Waals surface area contributed by atoms with Crippen LogP contribution in [-0.4, -0.2) is 164 Å². The third-order valence-corrected chi connectivity index (χ3v) is 13.5. The van der Waals surface area contributed by atoms with E-state index in [2.05, 4.69) is 0 Å². The lowest BCUT2D eigenvalue weighted by molar-refractivity contribution is -0.344. The molecule has 2 aromatic rings. The number of nitrogens with zero attached hydrogens (tertiary/aromatic N) is 4. The molecule has 2 unspecified atom stereocenters. The van der Waals surface area contributed by atoms with Gasteiger partial charge in [0.2, 0.25) is 0 Å². The molecular weight excluding hydrogens is 877 g/mol. The maximum Gasteiger partial charge on any atom is 0.352 e. The second-order valence-corrected chi connectivity index (χ2v) is 19.1. The van der Waals surface area contributed by atoms with Gasteiger partial charge in [-0.05, 0) is 78.6 Å². The van der Waals surface area contributed by atoms with Gasteiger partial charge in [-0.1, -0.05) is 44.2 Å². The molecule has 0 radical (unpaired) electrons. The lowest BCUT2D eigenvalue weighted by Crippen LogP contribution is -2.66. The fourth-order valence-corrected chi connectivity index (χ4v) is 10.3. The number of benzene rings is 1. The molecule has 2 bridgehead atoms. The van der Waals surface area contributed by atoms with Crippen LogP contribution in [0.2, 0.25) is 0 Å². The van der Waals surface area contributed by atoms with Crippen LogP contribution in [0.4, 0.5) is 0 Å². The van der Waals surface area contributed by atoms with Gasteiger partial charge in [0, 0.05) is 32.8 Å². The quantitative estimate of drug-likeness (QED) is 0.134. The van der Waals surface area contributed by atoms with Crippen LogP contribution in [0.5, 0.6) is 0 Å². The summed E-state index contributed by atoms with van der Waals surface area (Å²) in [5, 5.41) is 47.6. The number of carbonyl (C=O) groups is 3. The van der Waals surface area contributed by atoms with Crippen LogP contribution >= 0.6 is 0 Å². The van der Waals surface area contributed by atoms with Crippen LogP contribution in [0.3, 0.4) is 0 Å². The van der Waals surface area contributed by atoms with E-state index in [0.717, 1.165) is 4.57 Å². The van der Waals surface area contributed by atoms with E-state index in [1.54, 1.807) is 96.1 Å². The molecule has 0 saturated carbocycles. The van der Waals surface area contributed by atoms with Crippen molar-refractivity contribution < 1.29 is 68.0 Å². The van der Waals surface area contributed by atoms with E-state index in [4.69, 9.17) is 33.2 Å². The molecule has 7 rings (SSSR count). The SMILES string of the molecule is CCCC(=O)O[C@H]1[C@H](C)O[C@@H](O[C@H]2[C@H](N(C)C)[C@@H](O)[C@H](O[C@@H]3[C@@H](OC)[C@H](O)CC(=O)O[C@H](C)CC4C=CC([C@H](O)[C@H](CC=O)C[C@@H]3C)n3c(=O)n(-c5ccccc5)c(=O)n34)O[C@@H]2C)C[C@@]1(C)O. The normalized spacial score (nSPS) is 38.6. The number of aromatic nitrogens is 3. The van der Waals surface area contributed by atoms with E-state index in [1.165, 1.54) is 16.5 Å². The Balaban J connectivity index is 1.31. The zero-order valence-electron chi connectivity index (χ0n) is 39.9. The molecule has 5 aliphatic rings. The number of hydrogen-bond donors (Lipinski definition) is 4. The second-order valence-electron chi connectivity index (χ2n) is 19.1. The summed E-state index contributed by atoms with van der Waals surface area (Å²) in [6.45, 7) is 10.2. The monoisotopic (exact) mass is 946 g/mol.